The van der Waals surface area contributed by atoms with Crippen LogP contribution in [0.1, 0.15) is 24.1 Å². The summed E-state index contributed by atoms with van der Waals surface area (Å²) < 4.78 is 43.9. The standard InChI is InChI=1S/C15H13F3N4O2/c16-15(17,18)11-5-6-13(19-7-11)22-8-12(20-21-22)9-24-14(23)10-3-1-2-4-10/h1-2,5-8,10H,3-4,9H2. The molecule has 0 unspecified atom stereocenters. The van der Waals surface area contributed by atoms with Gasteiger partial charge in [-0.05, 0) is 25.0 Å². The fourth-order valence-electron chi connectivity index (χ4n) is 2.24. The molecule has 0 fully saturated rings. The zero-order valence-electron chi connectivity index (χ0n) is 12.4. The van der Waals surface area contributed by atoms with E-state index in [0.717, 1.165) is 12.3 Å². The lowest BCUT2D eigenvalue weighted by molar-refractivity contribution is -0.149. The number of ether oxygens (including phenoxy) is 1. The Morgan fingerprint density at radius 3 is 2.67 bits per heavy atom. The van der Waals surface area contributed by atoms with Gasteiger partial charge in [-0.15, -0.1) is 5.10 Å². The highest BCUT2D eigenvalue weighted by atomic mass is 19.4. The van der Waals surface area contributed by atoms with Gasteiger partial charge in [-0.1, -0.05) is 17.4 Å². The van der Waals surface area contributed by atoms with Gasteiger partial charge >= 0.3 is 12.1 Å². The highest BCUT2D eigenvalue weighted by Gasteiger charge is 2.30. The van der Waals surface area contributed by atoms with Crippen molar-refractivity contribution in [3.8, 4) is 5.82 Å². The molecule has 1 aliphatic rings. The van der Waals surface area contributed by atoms with Gasteiger partial charge in [0.05, 0.1) is 17.7 Å². The molecular weight excluding hydrogens is 325 g/mol. The molecule has 0 amide bonds. The minimum atomic E-state index is -4.44. The summed E-state index contributed by atoms with van der Waals surface area (Å²) >= 11 is 0. The third-order valence-electron chi connectivity index (χ3n) is 3.55. The molecule has 0 saturated heterocycles. The van der Waals surface area contributed by atoms with Crippen molar-refractivity contribution in [2.24, 2.45) is 5.92 Å². The summed E-state index contributed by atoms with van der Waals surface area (Å²) in [6.45, 7) is -0.0457. The first-order chi connectivity index (χ1) is 11.4. The Balaban J connectivity index is 1.61. The van der Waals surface area contributed by atoms with Crippen LogP contribution in [0.4, 0.5) is 13.2 Å². The second-order valence-corrected chi connectivity index (χ2v) is 5.30. The molecule has 126 valence electrons. The molecule has 2 aromatic rings. The van der Waals surface area contributed by atoms with Gasteiger partial charge in [0, 0.05) is 6.20 Å². The Morgan fingerprint density at radius 2 is 2.04 bits per heavy atom. The van der Waals surface area contributed by atoms with Crippen LogP contribution in [0.15, 0.2) is 36.7 Å². The number of aromatic nitrogens is 4. The molecule has 2 aromatic heterocycles. The maximum Gasteiger partial charge on any atom is 0.417 e. The van der Waals surface area contributed by atoms with Crippen molar-refractivity contribution in [3.63, 3.8) is 0 Å². The molecule has 2 heterocycles. The van der Waals surface area contributed by atoms with Gasteiger partial charge in [-0.25, -0.2) is 9.67 Å². The van der Waals surface area contributed by atoms with Gasteiger partial charge in [-0.2, -0.15) is 13.2 Å². The van der Waals surface area contributed by atoms with Crippen LogP contribution in [0, 0.1) is 5.92 Å². The van der Waals surface area contributed by atoms with Gasteiger partial charge in [0.1, 0.15) is 12.3 Å². The number of alkyl halides is 3. The van der Waals surface area contributed by atoms with Crippen molar-refractivity contribution in [3.05, 3.63) is 47.9 Å². The fourth-order valence-corrected chi connectivity index (χ4v) is 2.24. The largest absolute Gasteiger partial charge is 0.459 e. The normalized spacial score (nSPS) is 15.0. The average Bonchev–Trinajstić information content (AvgIpc) is 3.23. The molecule has 0 aromatic carbocycles. The molecule has 0 bridgehead atoms. The third kappa shape index (κ3) is 3.61. The second kappa shape index (κ2) is 6.42. The van der Waals surface area contributed by atoms with Crippen LogP contribution in [0.2, 0.25) is 0 Å². The number of rotatable bonds is 4. The molecule has 9 heteroatoms. The summed E-state index contributed by atoms with van der Waals surface area (Å²) in [5.74, 6) is -0.271. The van der Waals surface area contributed by atoms with Crippen molar-refractivity contribution in [2.75, 3.05) is 0 Å². The van der Waals surface area contributed by atoms with Gasteiger partial charge in [0.25, 0.3) is 0 Å². The van der Waals surface area contributed by atoms with Crippen molar-refractivity contribution in [1.29, 1.82) is 0 Å². The van der Waals surface area contributed by atoms with E-state index in [0.29, 0.717) is 18.5 Å². The zero-order valence-corrected chi connectivity index (χ0v) is 12.4. The van der Waals surface area contributed by atoms with Crippen LogP contribution in [0.25, 0.3) is 5.82 Å². The van der Waals surface area contributed by atoms with E-state index in [1.165, 1.54) is 16.9 Å². The van der Waals surface area contributed by atoms with Crippen molar-refractivity contribution < 1.29 is 22.7 Å². The number of hydrogen-bond donors (Lipinski definition) is 0. The smallest absolute Gasteiger partial charge is 0.417 e. The first kappa shape index (κ1) is 16.2. The molecule has 0 radical (unpaired) electrons. The van der Waals surface area contributed by atoms with Crippen molar-refractivity contribution >= 4 is 5.97 Å². The quantitative estimate of drug-likeness (QED) is 0.633. The lowest BCUT2D eigenvalue weighted by atomic mass is 10.1. The van der Waals surface area contributed by atoms with Crippen LogP contribution in [0.3, 0.4) is 0 Å². The third-order valence-corrected chi connectivity index (χ3v) is 3.55. The topological polar surface area (TPSA) is 69.9 Å². The number of carbonyl (C=O) groups is 1. The fraction of sp³-hybridized carbons (Fsp3) is 0.333. The Hall–Kier alpha value is -2.71. The molecule has 0 atom stereocenters. The maximum atomic E-state index is 12.5. The van der Waals surface area contributed by atoms with Gasteiger partial charge in [-0.3, -0.25) is 4.79 Å². The summed E-state index contributed by atoms with van der Waals surface area (Å²) in [7, 11) is 0. The van der Waals surface area contributed by atoms with E-state index in [1.807, 2.05) is 12.2 Å². The summed E-state index contributed by atoms with van der Waals surface area (Å²) in [5, 5.41) is 7.59. The van der Waals surface area contributed by atoms with Crippen molar-refractivity contribution in [2.45, 2.75) is 25.6 Å². The molecule has 6 nitrogen and oxygen atoms in total. The Morgan fingerprint density at radius 1 is 1.29 bits per heavy atom. The van der Waals surface area contributed by atoms with E-state index < -0.39 is 11.7 Å². The summed E-state index contributed by atoms with van der Waals surface area (Å²) in [5.41, 5.74) is -0.457. The van der Waals surface area contributed by atoms with Gasteiger partial charge in [0.15, 0.2) is 5.82 Å². The molecule has 24 heavy (non-hydrogen) atoms. The summed E-state index contributed by atoms with van der Waals surface area (Å²) in [6, 6.07) is 2.11. The van der Waals surface area contributed by atoms with Crippen molar-refractivity contribution in [1.82, 2.24) is 20.0 Å². The highest BCUT2D eigenvalue weighted by Crippen LogP contribution is 2.28. The van der Waals surface area contributed by atoms with E-state index in [9.17, 15) is 18.0 Å². The molecule has 0 N–H and O–H groups in total. The first-order valence-electron chi connectivity index (χ1n) is 7.20. The molecular formula is C15H13F3N4O2. The van der Waals surface area contributed by atoms with Crippen LogP contribution >= 0.6 is 0 Å². The number of esters is 1. The lowest BCUT2D eigenvalue weighted by Gasteiger charge is -2.07. The van der Waals surface area contributed by atoms with E-state index in [-0.39, 0.29) is 24.3 Å². The molecule has 3 rings (SSSR count). The van der Waals surface area contributed by atoms with Gasteiger partial charge < -0.3 is 4.74 Å². The van der Waals surface area contributed by atoms with Crippen LogP contribution in [0.5, 0.6) is 0 Å². The van der Waals surface area contributed by atoms with Crippen LogP contribution < -0.4 is 0 Å². The monoisotopic (exact) mass is 338 g/mol. The van der Waals surface area contributed by atoms with Gasteiger partial charge in [0.2, 0.25) is 0 Å². The lowest BCUT2D eigenvalue weighted by Crippen LogP contribution is -2.14. The number of nitrogens with zero attached hydrogens (tertiary/aromatic N) is 4. The summed E-state index contributed by atoms with van der Waals surface area (Å²) in [4.78, 5) is 15.5. The first-order valence-corrected chi connectivity index (χ1v) is 7.20. The average molecular weight is 338 g/mol. The SMILES string of the molecule is O=C(OCc1cn(-c2ccc(C(F)(F)F)cn2)nn1)C1CC=CC1. The molecule has 0 aliphatic heterocycles. The molecule has 0 spiro atoms. The Labute approximate surface area is 134 Å². The predicted octanol–water partition coefficient (Wildman–Crippen LogP) is 2.69. The highest BCUT2D eigenvalue weighted by molar-refractivity contribution is 5.73. The zero-order chi connectivity index (χ0) is 17.2. The number of allylic oxidation sites excluding steroid dienone is 2. The number of hydrogen-bond acceptors (Lipinski definition) is 5. The van der Waals surface area contributed by atoms with Crippen LogP contribution in [-0.2, 0) is 22.3 Å². The second-order valence-electron chi connectivity index (χ2n) is 5.30. The number of halogens is 3. The maximum absolute atomic E-state index is 12.5. The van der Waals surface area contributed by atoms with E-state index in [1.54, 1.807) is 0 Å². The van der Waals surface area contributed by atoms with E-state index >= 15 is 0 Å². The minimum absolute atomic E-state index is 0.0457. The molecule has 0 saturated carbocycles. The summed E-state index contributed by atoms with van der Waals surface area (Å²) in [6.07, 6.45) is 2.93. The van der Waals surface area contributed by atoms with E-state index in [4.69, 9.17) is 4.74 Å². The van der Waals surface area contributed by atoms with E-state index in [2.05, 4.69) is 15.3 Å². The number of pyridine rings is 1. The minimum Gasteiger partial charge on any atom is -0.459 e. The van der Waals surface area contributed by atoms with Crippen LogP contribution in [-0.4, -0.2) is 25.9 Å². The molecule has 1 aliphatic carbocycles. The predicted molar refractivity (Wildman–Crippen MR) is 75.8 cm³/mol. The Kier molecular flexibility index (Phi) is 4.32. The Bertz CT molecular complexity index is 745. The number of carbonyl (C=O) groups excluding carboxylic acids is 1.